The molecular formula is C44H90O2. The van der Waals surface area contributed by atoms with Crippen LogP contribution in [0.1, 0.15) is 278 Å². The van der Waals surface area contributed by atoms with Gasteiger partial charge in [-0.15, -0.1) is 0 Å². The zero-order valence-corrected chi connectivity index (χ0v) is 32.6. The lowest BCUT2D eigenvalue weighted by Gasteiger charge is -2.04. The number of carboxylic acid groups (broad SMARTS) is 1. The summed E-state index contributed by atoms with van der Waals surface area (Å²) in [6.45, 7) is 6.87. The number of hydrogen-bond donors (Lipinski definition) is 1. The van der Waals surface area contributed by atoms with Crippen LogP contribution >= 0.6 is 0 Å². The highest BCUT2D eigenvalue weighted by atomic mass is 16.4. The first-order chi connectivity index (χ1) is 22.7. The Labute approximate surface area is 292 Å². The van der Waals surface area contributed by atoms with E-state index in [0.717, 1.165) is 12.8 Å². The van der Waals surface area contributed by atoms with Gasteiger partial charge in [0.1, 0.15) is 0 Å². The Morgan fingerprint density at radius 1 is 0.261 bits per heavy atom. The van der Waals surface area contributed by atoms with E-state index in [1.165, 1.54) is 238 Å². The Morgan fingerprint density at radius 2 is 0.391 bits per heavy atom. The molecular weight excluding hydrogens is 560 g/mol. The van der Waals surface area contributed by atoms with Crippen LogP contribution in [0.2, 0.25) is 0 Å². The zero-order valence-electron chi connectivity index (χ0n) is 32.6. The SMILES string of the molecule is CCCCCCCCCCCCCCCCC(=O)O.CCCCCCCCCCCCCCCCCCCCCCCCCCC. The lowest BCUT2D eigenvalue weighted by molar-refractivity contribution is -0.137. The summed E-state index contributed by atoms with van der Waals surface area (Å²) < 4.78 is 0. The highest BCUT2D eigenvalue weighted by Crippen LogP contribution is 2.16. The second-order valence-electron chi connectivity index (χ2n) is 14.9. The molecule has 0 aromatic carbocycles. The molecule has 0 aliphatic carbocycles. The Bertz CT molecular complexity index is 492. The topological polar surface area (TPSA) is 37.3 Å². The quantitative estimate of drug-likeness (QED) is 0.0672. The van der Waals surface area contributed by atoms with E-state index in [1.54, 1.807) is 0 Å². The van der Waals surface area contributed by atoms with Crippen molar-refractivity contribution in [1.29, 1.82) is 0 Å². The summed E-state index contributed by atoms with van der Waals surface area (Å²) in [7, 11) is 0. The van der Waals surface area contributed by atoms with Crippen molar-refractivity contribution in [3.8, 4) is 0 Å². The third-order valence-corrected chi connectivity index (χ3v) is 9.95. The first-order valence-corrected chi connectivity index (χ1v) is 21.9. The first-order valence-electron chi connectivity index (χ1n) is 21.9. The molecule has 2 heteroatoms. The molecule has 0 atom stereocenters. The van der Waals surface area contributed by atoms with Crippen molar-refractivity contribution in [3.05, 3.63) is 0 Å². The summed E-state index contributed by atoms with van der Waals surface area (Å²) in [5.74, 6) is -0.654. The summed E-state index contributed by atoms with van der Waals surface area (Å²) in [6, 6.07) is 0. The first kappa shape index (κ1) is 47.6. The van der Waals surface area contributed by atoms with Gasteiger partial charge in [0.25, 0.3) is 0 Å². The molecule has 0 aromatic heterocycles. The number of unbranched alkanes of at least 4 members (excludes halogenated alkanes) is 37. The summed E-state index contributed by atoms with van der Waals surface area (Å²) in [5.41, 5.74) is 0. The molecule has 0 heterocycles. The van der Waals surface area contributed by atoms with Crippen LogP contribution in [0.4, 0.5) is 0 Å². The van der Waals surface area contributed by atoms with Crippen LogP contribution in [0.15, 0.2) is 0 Å². The van der Waals surface area contributed by atoms with Gasteiger partial charge in [-0.1, -0.05) is 265 Å². The van der Waals surface area contributed by atoms with Gasteiger partial charge in [0.15, 0.2) is 0 Å². The van der Waals surface area contributed by atoms with E-state index in [4.69, 9.17) is 5.11 Å². The molecule has 0 saturated carbocycles. The van der Waals surface area contributed by atoms with Gasteiger partial charge in [0.2, 0.25) is 0 Å². The Hall–Kier alpha value is -0.530. The zero-order chi connectivity index (χ0) is 33.9. The van der Waals surface area contributed by atoms with Gasteiger partial charge in [0, 0.05) is 6.42 Å². The van der Waals surface area contributed by atoms with E-state index < -0.39 is 5.97 Å². The fraction of sp³-hybridized carbons (Fsp3) is 0.977. The van der Waals surface area contributed by atoms with Crippen molar-refractivity contribution in [1.82, 2.24) is 0 Å². The average molecular weight is 651 g/mol. The number of carboxylic acids is 1. The van der Waals surface area contributed by atoms with Crippen LogP contribution in [0, 0.1) is 0 Å². The van der Waals surface area contributed by atoms with Gasteiger partial charge >= 0.3 is 5.97 Å². The third kappa shape index (κ3) is 50.3. The number of carbonyl (C=O) groups is 1. The maximum atomic E-state index is 10.3. The van der Waals surface area contributed by atoms with E-state index >= 15 is 0 Å². The van der Waals surface area contributed by atoms with Crippen molar-refractivity contribution in [2.24, 2.45) is 0 Å². The van der Waals surface area contributed by atoms with E-state index in [1.807, 2.05) is 0 Å². The van der Waals surface area contributed by atoms with Crippen LogP contribution in [0.3, 0.4) is 0 Å². The molecule has 0 aromatic rings. The second-order valence-corrected chi connectivity index (χ2v) is 14.9. The van der Waals surface area contributed by atoms with Gasteiger partial charge in [-0.3, -0.25) is 4.79 Å². The van der Waals surface area contributed by atoms with Crippen LogP contribution in [-0.2, 0) is 4.79 Å². The Balaban J connectivity index is 0. The maximum Gasteiger partial charge on any atom is 0.303 e. The molecule has 0 bridgehead atoms. The van der Waals surface area contributed by atoms with E-state index in [2.05, 4.69) is 20.8 Å². The molecule has 1 N–H and O–H groups in total. The second kappa shape index (κ2) is 46.6. The molecule has 0 amide bonds. The van der Waals surface area contributed by atoms with E-state index in [0.29, 0.717) is 6.42 Å². The van der Waals surface area contributed by atoms with Crippen molar-refractivity contribution >= 4 is 5.97 Å². The smallest absolute Gasteiger partial charge is 0.303 e. The maximum absolute atomic E-state index is 10.3. The largest absolute Gasteiger partial charge is 0.481 e. The van der Waals surface area contributed by atoms with Gasteiger partial charge in [0.05, 0.1) is 0 Å². The van der Waals surface area contributed by atoms with Gasteiger partial charge in [-0.05, 0) is 6.42 Å². The summed E-state index contributed by atoms with van der Waals surface area (Å²) in [5, 5.41) is 8.50. The fourth-order valence-corrected chi connectivity index (χ4v) is 6.68. The van der Waals surface area contributed by atoms with Crippen LogP contribution in [0.5, 0.6) is 0 Å². The predicted molar refractivity (Wildman–Crippen MR) is 209 cm³/mol. The lowest BCUT2D eigenvalue weighted by atomic mass is 10.0. The number of hydrogen-bond acceptors (Lipinski definition) is 1. The molecule has 0 rings (SSSR count). The van der Waals surface area contributed by atoms with Gasteiger partial charge < -0.3 is 5.11 Å². The average Bonchev–Trinajstić information content (AvgIpc) is 3.05. The minimum Gasteiger partial charge on any atom is -0.481 e. The standard InChI is InChI=1S/C27H56.C17H34O2/c1-3-5-7-9-11-13-15-17-19-21-23-25-27-26-24-22-20-18-16-14-12-10-8-6-4-2;1-2-3-4-5-6-7-8-9-10-11-12-13-14-15-16-17(18)19/h3-27H2,1-2H3;2-16H2,1H3,(H,18,19). The molecule has 0 radical (unpaired) electrons. The fourth-order valence-electron chi connectivity index (χ4n) is 6.68. The number of aliphatic carboxylic acids is 1. The molecule has 0 spiro atoms. The van der Waals surface area contributed by atoms with Crippen molar-refractivity contribution in [3.63, 3.8) is 0 Å². The highest BCUT2D eigenvalue weighted by molar-refractivity contribution is 5.66. The monoisotopic (exact) mass is 651 g/mol. The summed E-state index contributed by atoms with van der Waals surface area (Å²) >= 11 is 0. The van der Waals surface area contributed by atoms with Crippen LogP contribution in [-0.4, -0.2) is 11.1 Å². The van der Waals surface area contributed by atoms with Crippen molar-refractivity contribution in [2.75, 3.05) is 0 Å². The molecule has 46 heavy (non-hydrogen) atoms. The summed E-state index contributed by atoms with van der Waals surface area (Å²) in [6.07, 6.45) is 55.6. The highest BCUT2D eigenvalue weighted by Gasteiger charge is 1.98. The molecule has 0 aliphatic rings. The minimum absolute atomic E-state index is 0.345. The molecule has 0 aliphatic heterocycles. The molecule has 278 valence electrons. The van der Waals surface area contributed by atoms with Gasteiger partial charge in [-0.2, -0.15) is 0 Å². The minimum atomic E-state index is -0.654. The molecule has 0 unspecified atom stereocenters. The third-order valence-electron chi connectivity index (χ3n) is 9.95. The lowest BCUT2D eigenvalue weighted by Crippen LogP contribution is -1.93. The van der Waals surface area contributed by atoms with E-state index in [9.17, 15) is 4.79 Å². The van der Waals surface area contributed by atoms with Crippen molar-refractivity contribution < 1.29 is 9.90 Å². The van der Waals surface area contributed by atoms with Gasteiger partial charge in [-0.25, -0.2) is 0 Å². The normalized spacial score (nSPS) is 11.1. The van der Waals surface area contributed by atoms with E-state index in [-0.39, 0.29) is 0 Å². The van der Waals surface area contributed by atoms with Crippen LogP contribution in [0.25, 0.3) is 0 Å². The Kier molecular flexibility index (Phi) is 48.2. The molecule has 2 nitrogen and oxygen atoms in total. The summed E-state index contributed by atoms with van der Waals surface area (Å²) in [4.78, 5) is 10.3. The molecule has 0 fully saturated rings. The van der Waals surface area contributed by atoms with Crippen LogP contribution < -0.4 is 0 Å². The van der Waals surface area contributed by atoms with Crippen molar-refractivity contribution in [2.45, 2.75) is 278 Å². The number of rotatable bonds is 39. The molecule has 0 saturated heterocycles. The Morgan fingerprint density at radius 3 is 0.522 bits per heavy atom. The predicted octanol–water partition coefficient (Wildman–Crippen LogP) is 16.7.